The van der Waals surface area contributed by atoms with Crippen LogP contribution in [0.2, 0.25) is 0 Å². The lowest BCUT2D eigenvalue weighted by molar-refractivity contribution is -0.144. The van der Waals surface area contributed by atoms with E-state index in [2.05, 4.69) is 73.9 Å². The van der Waals surface area contributed by atoms with Crippen molar-refractivity contribution < 1.29 is 52.2 Å². The third kappa shape index (κ3) is 16.4. The normalized spacial score (nSPS) is 19.6. The van der Waals surface area contributed by atoms with Crippen LogP contribution in [0, 0.1) is 17.8 Å². The molecule has 4 fully saturated rings. The number of ether oxygens (including phenoxy) is 9. The highest BCUT2D eigenvalue weighted by Crippen LogP contribution is 2.38. The molecule has 76 heavy (non-hydrogen) atoms. The number of allylic oxidation sites excluding steroid dienone is 3. The first-order chi connectivity index (χ1) is 36.7. The van der Waals surface area contributed by atoms with E-state index in [-0.39, 0.29) is 42.1 Å². The molecule has 406 valence electrons. The number of carbonyl (C=O) groups is 2. The van der Waals surface area contributed by atoms with Gasteiger partial charge in [-0.05, 0) is 118 Å². The van der Waals surface area contributed by atoms with Crippen molar-refractivity contribution in [1.82, 2.24) is 0 Å². The van der Waals surface area contributed by atoms with E-state index < -0.39 is 0 Å². The molecule has 0 saturated carbocycles. The van der Waals surface area contributed by atoms with Gasteiger partial charge in [0.15, 0.2) is 6.10 Å². The summed E-state index contributed by atoms with van der Waals surface area (Å²) in [6, 6.07) is 29.6. The van der Waals surface area contributed by atoms with Crippen molar-refractivity contribution in [2.45, 2.75) is 104 Å². The molecule has 6 atom stereocenters. The van der Waals surface area contributed by atoms with Gasteiger partial charge in [-0.1, -0.05) is 45.9 Å². The number of benzene rings is 4. The summed E-state index contributed by atoms with van der Waals surface area (Å²) in [4.78, 5) is 31.1. The predicted molar refractivity (Wildman–Crippen MR) is 296 cm³/mol. The standard InChI is InChI=1S/C62H77N3O11/c1-9-11-61(66)69-39-43(5)33-63(36-55-20-12-44(6)71-55)49-14-22-52(23-15-49)74-57-30-58(75-53-24-16-50(17-25-53)64(34-47(10-2)28-42(3)4)38-60-41-68-46(8)73-60)32-59(31-57)76-54-26-18-51(19-27-54)65(35-48-29-62(67)70-40-48)37-56-21-13-45(7)72-56/h14-19,22-27,30-32,43,47-48,55-56,60H,3,6-13,20-21,28-29,33-41H2,1-2,4-5H3. The van der Waals surface area contributed by atoms with Gasteiger partial charge in [0.1, 0.15) is 53.3 Å². The highest BCUT2D eigenvalue weighted by atomic mass is 16.7. The first-order valence-corrected chi connectivity index (χ1v) is 27.1. The molecule has 0 radical (unpaired) electrons. The number of anilines is 3. The lowest BCUT2D eigenvalue weighted by atomic mass is 9.97. The van der Waals surface area contributed by atoms with E-state index in [9.17, 15) is 9.59 Å². The second kappa shape index (κ2) is 26.5. The van der Waals surface area contributed by atoms with Crippen LogP contribution in [0.3, 0.4) is 0 Å². The van der Waals surface area contributed by atoms with Crippen molar-refractivity contribution in [2.24, 2.45) is 17.8 Å². The van der Waals surface area contributed by atoms with Crippen LogP contribution in [0.1, 0.15) is 85.5 Å². The van der Waals surface area contributed by atoms with Crippen molar-refractivity contribution in [1.29, 1.82) is 0 Å². The van der Waals surface area contributed by atoms with Gasteiger partial charge in [0.2, 0.25) is 0 Å². The number of carbonyl (C=O) groups excluding carboxylic acids is 2. The Balaban J connectivity index is 1.03. The molecule has 4 saturated heterocycles. The Morgan fingerprint density at radius 3 is 1.58 bits per heavy atom. The van der Waals surface area contributed by atoms with Gasteiger partial charge >= 0.3 is 11.9 Å². The Morgan fingerprint density at radius 1 is 0.645 bits per heavy atom. The molecule has 0 amide bonds. The molecule has 4 aromatic rings. The van der Waals surface area contributed by atoms with Gasteiger partial charge < -0.3 is 57.3 Å². The fraction of sp³-hybridized carbons (Fsp3) is 0.452. The Morgan fingerprint density at radius 2 is 1.14 bits per heavy atom. The monoisotopic (exact) mass is 1040 g/mol. The quantitative estimate of drug-likeness (QED) is 0.0395. The summed E-state index contributed by atoms with van der Waals surface area (Å²) in [5, 5.41) is 0. The van der Waals surface area contributed by atoms with Crippen molar-refractivity contribution in [3.05, 3.63) is 140 Å². The summed E-state index contributed by atoms with van der Waals surface area (Å²) in [6.45, 7) is 29.8. The molecule has 4 aliphatic rings. The van der Waals surface area contributed by atoms with E-state index in [0.29, 0.717) is 112 Å². The van der Waals surface area contributed by atoms with Gasteiger partial charge in [-0.25, -0.2) is 0 Å². The molecule has 6 unspecified atom stereocenters. The fourth-order valence-corrected chi connectivity index (χ4v) is 10.1. The van der Waals surface area contributed by atoms with Crippen molar-refractivity contribution >= 4 is 29.0 Å². The van der Waals surface area contributed by atoms with E-state index in [1.54, 1.807) is 0 Å². The summed E-state index contributed by atoms with van der Waals surface area (Å²) in [5.74, 6) is 5.64. The average Bonchev–Trinajstić information content (AvgIpc) is 4.22. The van der Waals surface area contributed by atoms with Crippen LogP contribution in [0.5, 0.6) is 34.5 Å². The van der Waals surface area contributed by atoms with Crippen LogP contribution in [0.4, 0.5) is 17.1 Å². The Hall–Kier alpha value is -7.22. The second-order valence-electron chi connectivity index (χ2n) is 20.9. The second-order valence-corrected chi connectivity index (χ2v) is 20.9. The molecule has 0 spiro atoms. The summed E-state index contributed by atoms with van der Waals surface area (Å²) in [7, 11) is 0. The van der Waals surface area contributed by atoms with E-state index in [0.717, 1.165) is 85.6 Å². The highest BCUT2D eigenvalue weighted by Gasteiger charge is 2.30. The van der Waals surface area contributed by atoms with Gasteiger partial charge in [0.05, 0.1) is 50.8 Å². The summed E-state index contributed by atoms with van der Waals surface area (Å²) in [5.41, 5.74) is 4.18. The molecule has 0 aromatic heterocycles. The average molecular weight is 1040 g/mol. The molecular weight excluding hydrogens is 963 g/mol. The fourth-order valence-electron chi connectivity index (χ4n) is 10.1. The van der Waals surface area contributed by atoms with Crippen molar-refractivity contribution in [3.8, 4) is 34.5 Å². The minimum absolute atomic E-state index is 0.0126. The number of esters is 2. The third-order valence-corrected chi connectivity index (χ3v) is 13.9. The minimum Gasteiger partial charge on any atom is -0.494 e. The van der Waals surface area contributed by atoms with Gasteiger partial charge in [0, 0.05) is 86.0 Å². The van der Waals surface area contributed by atoms with Crippen molar-refractivity contribution in [2.75, 3.05) is 73.8 Å². The molecule has 14 nitrogen and oxygen atoms in total. The van der Waals surface area contributed by atoms with Crippen LogP contribution >= 0.6 is 0 Å². The Labute approximate surface area is 449 Å². The van der Waals surface area contributed by atoms with Gasteiger partial charge in [-0.3, -0.25) is 9.59 Å². The molecule has 0 N–H and O–H groups in total. The molecular formula is C62H77N3O11. The molecule has 4 aliphatic heterocycles. The number of nitrogens with zero attached hydrogens (tertiary/aromatic N) is 3. The highest BCUT2D eigenvalue weighted by molar-refractivity contribution is 5.71. The van der Waals surface area contributed by atoms with Gasteiger partial charge in [-0.2, -0.15) is 0 Å². The smallest absolute Gasteiger partial charge is 0.306 e. The summed E-state index contributed by atoms with van der Waals surface area (Å²) >= 11 is 0. The van der Waals surface area contributed by atoms with Crippen LogP contribution in [-0.4, -0.2) is 89.3 Å². The van der Waals surface area contributed by atoms with Crippen molar-refractivity contribution in [3.63, 3.8) is 0 Å². The molecule has 4 heterocycles. The maximum atomic E-state index is 12.2. The first kappa shape index (κ1) is 55.0. The zero-order chi connectivity index (χ0) is 53.6. The SMILES string of the molecule is C=C(C)CC(CC)CN(CC1COC(=C)O1)c1ccc(Oc2cc(Oc3ccc(N(CC(C)COC(=O)CCC)CC4CCC(=C)O4)cc3)cc(Oc3ccc(N(CC4COC(=O)C4)CC4CCC(=C)O4)cc3)c2)cc1. The maximum absolute atomic E-state index is 12.2. The summed E-state index contributed by atoms with van der Waals surface area (Å²) < 4.78 is 54.3. The Kier molecular flexibility index (Phi) is 19.2. The topological polar surface area (TPSA) is 127 Å². The van der Waals surface area contributed by atoms with E-state index in [1.165, 1.54) is 0 Å². The maximum Gasteiger partial charge on any atom is 0.306 e. The summed E-state index contributed by atoms with van der Waals surface area (Å²) in [6.07, 6.45) is 6.88. The lowest BCUT2D eigenvalue weighted by Gasteiger charge is -2.30. The van der Waals surface area contributed by atoms with Crippen LogP contribution in [-0.2, 0) is 38.0 Å². The molecule has 8 rings (SSSR count). The zero-order valence-corrected chi connectivity index (χ0v) is 45.0. The van der Waals surface area contributed by atoms with Crippen LogP contribution < -0.4 is 28.9 Å². The largest absolute Gasteiger partial charge is 0.494 e. The molecule has 4 aromatic carbocycles. The molecule has 0 aliphatic carbocycles. The molecule has 14 heteroatoms. The number of hydrogen-bond donors (Lipinski definition) is 0. The third-order valence-electron chi connectivity index (χ3n) is 13.9. The first-order valence-electron chi connectivity index (χ1n) is 27.1. The van der Waals surface area contributed by atoms with E-state index >= 15 is 0 Å². The number of rotatable bonds is 28. The predicted octanol–water partition coefficient (Wildman–Crippen LogP) is 13.3. The van der Waals surface area contributed by atoms with Crippen LogP contribution in [0.25, 0.3) is 0 Å². The zero-order valence-electron chi connectivity index (χ0n) is 45.0. The van der Waals surface area contributed by atoms with E-state index in [1.807, 2.05) is 85.8 Å². The van der Waals surface area contributed by atoms with Gasteiger partial charge in [0.25, 0.3) is 5.95 Å². The van der Waals surface area contributed by atoms with E-state index in [4.69, 9.17) is 42.6 Å². The lowest BCUT2D eigenvalue weighted by Crippen LogP contribution is -2.37. The number of cyclic esters (lactones) is 1. The van der Waals surface area contributed by atoms with Crippen LogP contribution in [0.15, 0.2) is 140 Å². The van der Waals surface area contributed by atoms with Gasteiger partial charge in [-0.15, -0.1) is 6.58 Å². The number of hydrogen-bond acceptors (Lipinski definition) is 14. The Bertz CT molecular complexity index is 2590. The molecule has 0 bridgehead atoms. The minimum atomic E-state index is -0.172.